The lowest BCUT2D eigenvalue weighted by atomic mass is 9.93. The van der Waals surface area contributed by atoms with Gasteiger partial charge in [0.05, 0.1) is 11.9 Å². The highest BCUT2D eigenvalue weighted by Gasteiger charge is 2.22. The van der Waals surface area contributed by atoms with E-state index >= 15 is 0 Å². The van der Waals surface area contributed by atoms with E-state index in [4.69, 9.17) is 4.74 Å². The van der Waals surface area contributed by atoms with Crippen LogP contribution in [0.15, 0.2) is 36.5 Å². The normalized spacial score (nSPS) is 16.1. The molecule has 7 nitrogen and oxygen atoms in total. The Kier molecular flexibility index (Phi) is 4.39. The van der Waals surface area contributed by atoms with Gasteiger partial charge in [0.25, 0.3) is 5.91 Å². The van der Waals surface area contributed by atoms with Crippen molar-refractivity contribution in [3.8, 4) is 5.75 Å². The molecule has 0 saturated heterocycles. The van der Waals surface area contributed by atoms with Gasteiger partial charge in [0.15, 0.2) is 11.6 Å². The van der Waals surface area contributed by atoms with Gasteiger partial charge in [-0.1, -0.05) is 12.1 Å². The molecule has 0 fully saturated rings. The van der Waals surface area contributed by atoms with Crippen molar-refractivity contribution in [1.82, 2.24) is 25.7 Å². The minimum atomic E-state index is -0.430. The number of H-pyrrole nitrogens is 2. The molecule has 0 bridgehead atoms. The minimum Gasteiger partial charge on any atom is -0.484 e. The Bertz CT molecular complexity index is 920. The van der Waals surface area contributed by atoms with Crippen LogP contribution in [0.5, 0.6) is 5.75 Å². The highest BCUT2D eigenvalue weighted by molar-refractivity contribution is 5.92. The van der Waals surface area contributed by atoms with Crippen LogP contribution in [0.3, 0.4) is 0 Å². The van der Waals surface area contributed by atoms with Crippen molar-refractivity contribution >= 4 is 5.91 Å². The second kappa shape index (κ2) is 6.99. The largest absolute Gasteiger partial charge is 0.484 e. The number of fused-ring (bicyclic) bond motifs is 1. The molecular weight excluding hydrogens is 337 g/mol. The zero-order chi connectivity index (χ0) is 17.9. The molecule has 1 aromatic carbocycles. The smallest absolute Gasteiger partial charge is 0.272 e. The predicted molar refractivity (Wildman–Crippen MR) is 91.2 cm³/mol. The van der Waals surface area contributed by atoms with E-state index < -0.39 is 5.82 Å². The van der Waals surface area contributed by atoms with E-state index in [0.29, 0.717) is 5.69 Å². The maximum atomic E-state index is 13.5. The zero-order valence-electron chi connectivity index (χ0n) is 14.0. The summed E-state index contributed by atoms with van der Waals surface area (Å²) in [6, 6.07) is 7.84. The van der Waals surface area contributed by atoms with Gasteiger partial charge in [-0.15, -0.1) is 0 Å². The number of nitrogens with zero attached hydrogens (tertiary/aromatic N) is 2. The molecule has 1 amide bonds. The lowest BCUT2D eigenvalue weighted by Crippen LogP contribution is -2.38. The standard InChI is InChI=1S/C18H18FN5O2/c19-14-3-1-2-4-17(14)26-10-13-8-16(24-22-13)18(25)21-12-5-6-15-11(7-12)9-20-23-15/h1-4,8-9,12H,5-7,10H2,(H,20,23)(H,21,25)(H,22,24). The van der Waals surface area contributed by atoms with E-state index in [2.05, 4.69) is 25.7 Å². The molecule has 134 valence electrons. The molecule has 2 aromatic heterocycles. The average Bonchev–Trinajstić information content (AvgIpc) is 3.30. The molecule has 2 heterocycles. The third kappa shape index (κ3) is 3.44. The van der Waals surface area contributed by atoms with E-state index in [1.54, 1.807) is 30.5 Å². The first-order valence-electron chi connectivity index (χ1n) is 8.42. The summed E-state index contributed by atoms with van der Waals surface area (Å²) in [5.74, 6) is -0.512. The van der Waals surface area contributed by atoms with Crippen LogP contribution < -0.4 is 10.1 Å². The summed E-state index contributed by atoms with van der Waals surface area (Å²) in [6.07, 6.45) is 4.28. The maximum Gasteiger partial charge on any atom is 0.272 e. The molecule has 0 saturated carbocycles. The van der Waals surface area contributed by atoms with Crippen molar-refractivity contribution in [1.29, 1.82) is 0 Å². The SMILES string of the molecule is O=C(NC1CCc2[nH]ncc2C1)c1cc(COc2ccccc2F)[nH]n1. The van der Waals surface area contributed by atoms with Crippen LogP contribution in [0.25, 0.3) is 0 Å². The molecular formula is C18H18FN5O2. The molecule has 26 heavy (non-hydrogen) atoms. The van der Waals surface area contributed by atoms with Crippen molar-refractivity contribution in [3.05, 3.63) is 65.0 Å². The summed E-state index contributed by atoms with van der Waals surface area (Å²) in [5, 5.41) is 16.8. The predicted octanol–water partition coefficient (Wildman–Crippen LogP) is 2.14. The quantitative estimate of drug-likeness (QED) is 0.653. The lowest BCUT2D eigenvalue weighted by Gasteiger charge is -2.22. The number of aryl methyl sites for hydroxylation is 1. The molecule has 3 aromatic rings. The van der Waals surface area contributed by atoms with Gasteiger partial charge in [0.2, 0.25) is 0 Å². The summed E-state index contributed by atoms with van der Waals surface area (Å²) < 4.78 is 19.0. The second-order valence-corrected chi connectivity index (χ2v) is 6.28. The minimum absolute atomic E-state index is 0.0578. The summed E-state index contributed by atoms with van der Waals surface area (Å²) in [5.41, 5.74) is 3.17. The van der Waals surface area contributed by atoms with Crippen molar-refractivity contribution in [2.24, 2.45) is 0 Å². The lowest BCUT2D eigenvalue weighted by molar-refractivity contribution is 0.0928. The summed E-state index contributed by atoms with van der Waals surface area (Å²) in [6.45, 7) is 0.100. The van der Waals surface area contributed by atoms with Gasteiger partial charge in [-0.05, 0) is 43.0 Å². The average molecular weight is 355 g/mol. The van der Waals surface area contributed by atoms with Crippen molar-refractivity contribution in [2.75, 3.05) is 0 Å². The Hall–Kier alpha value is -3.16. The number of aromatic nitrogens is 4. The van der Waals surface area contributed by atoms with Crippen LogP contribution in [-0.4, -0.2) is 32.3 Å². The van der Waals surface area contributed by atoms with E-state index in [1.165, 1.54) is 6.07 Å². The molecule has 0 aliphatic heterocycles. The fourth-order valence-corrected chi connectivity index (χ4v) is 3.07. The second-order valence-electron chi connectivity index (χ2n) is 6.28. The Morgan fingerprint density at radius 1 is 1.35 bits per heavy atom. The molecule has 0 spiro atoms. The number of aromatic amines is 2. The number of benzene rings is 1. The number of hydrogen-bond acceptors (Lipinski definition) is 4. The van der Waals surface area contributed by atoms with Gasteiger partial charge in [-0.25, -0.2) is 4.39 Å². The van der Waals surface area contributed by atoms with Crippen LogP contribution in [0, 0.1) is 5.82 Å². The van der Waals surface area contributed by atoms with Gasteiger partial charge >= 0.3 is 0 Å². The molecule has 8 heteroatoms. The summed E-state index contributed by atoms with van der Waals surface area (Å²) in [7, 11) is 0. The Morgan fingerprint density at radius 2 is 2.23 bits per heavy atom. The number of amides is 1. The first-order chi connectivity index (χ1) is 12.7. The topological polar surface area (TPSA) is 95.7 Å². The van der Waals surface area contributed by atoms with E-state index in [9.17, 15) is 9.18 Å². The fourth-order valence-electron chi connectivity index (χ4n) is 3.07. The van der Waals surface area contributed by atoms with E-state index in [0.717, 1.165) is 30.5 Å². The van der Waals surface area contributed by atoms with Gasteiger partial charge in [-0.2, -0.15) is 10.2 Å². The van der Waals surface area contributed by atoms with Gasteiger partial charge in [-0.3, -0.25) is 15.0 Å². The van der Waals surface area contributed by atoms with Crippen LogP contribution in [-0.2, 0) is 19.4 Å². The van der Waals surface area contributed by atoms with Gasteiger partial charge in [0, 0.05) is 11.7 Å². The van der Waals surface area contributed by atoms with Crippen LogP contribution in [0.1, 0.15) is 33.9 Å². The third-order valence-electron chi connectivity index (χ3n) is 4.44. The van der Waals surface area contributed by atoms with Gasteiger partial charge in [0.1, 0.15) is 12.3 Å². The van der Waals surface area contributed by atoms with Crippen LogP contribution in [0.4, 0.5) is 4.39 Å². The zero-order valence-corrected chi connectivity index (χ0v) is 14.0. The van der Waals surface area contributed by atoms with Crippen molar-refractivity contribution in [3.63, 3.8) is 0 Å². The number of nitrogens with one attached hydrogen (secondary N) is 3. The Labute approximate surface area is 149 Å². The first-order valence-corrected chi connectivity index (χ1v) is 8.42. The first kappa shape index (κ1) is 16.3. The Balaban J connectivity index is 1.34. The molecule has 1 aliphatic carbocycles. The monoisotopic (exact) mass is 355 g/mol. The third-order valence-corrected chi connectivity index (χ3v) is 4.44. The van der Waals surface area contributed by atoms with E-state index in [1.807, 2.05) is 0 Å². The number of ether oxygens (including phenoxy) is 1. The summed E-state index contributed by atoms with van der Waals surface area (Å²) >= 11 is 0. The van der Waals surface area contributed by atoms with Crippen molar-refractivity contribution < 1.29 is 13.9 Å². The fraction of sp³-hybridized carbons (Fsp3) is 0.278. The van der Waals surface area contributed by atoms with Crippen molar-refractivity contribution in [2.45, 2.75) is 31.9 Å². The maximum absolute atomic E-state index is 13.5. The van der Waals surface area contributed by atoms with Crippen LogP contribution >= 0.6 is 0 Å². The van der Waals surface area contributed by atoms with Gasteiger partial charge < -0.3 is 10.1 Å². The number of hydrogen-bond donors (Lipinski definition) is 3. The highest BCUT2D eigenvalue weighted by Crippen LogP contribution is 2.19. The molecule has 1 aliphatic rings. The molecule has 4 rings (SSSR count). The summed E-state index contributed by atoms with van der Waals surface area (Å²) in [4.78, 5) is 12.4. The highest BCUT2D eigenvalue weighted by atomic mass is 19.1. The number of carbonyl (C=O) groups excluding carboxylic acids is 1. The molecule has 3 N–H and O–H groups in total. The number of rotatable bonds is 5. The molecule has 0 radical (unpaired) electrons. The Morgan fingerprint density at radius 3 is 3.12 bits per heavy atom. The molecule has 1 atom stereocenters. The number of para-hydroxylation sites is 1. The molecule has 1 unspecified atom stereocenters. The number of carbonyl (C=O) groups is 1. The van der Waals surface area contributed by atoms with E-state index in [-0.39, 0.29) is 30.0 Å². The van der Waals surface area contributed by atoms with Crippen LogP contribution in [0.2, 0.25) is 0 Å². The number of halogens is 1.